The van der Waals surface area contributed by atoms with Crippen LogP contribution in [-0.4, -0.2) is 21.1 Å². The van der Waals surface area contributed by atoms with Crippen molar-refractivity contribution in [3.63, 3.8) is 0 Å². The minimum atomic E-state index is -0.347. The molecule has 0 fully saturated rings. The van der Waals surface area contributed by atoms with Crippen LogP contribution in [0.15, 0.2) is 121 Å². The zero-order valence-electron chi connectivity index (χ0n) is 22.6. The van der Waals surface area contributed by atoms with E-state index in [1.54, 1.807) is 0 Å². The van der Waals surface area contributed by atoms with E-state index in [1.165, 1.54) is 5.56 Å². The van der Waals surface area contributed by atoms with Crippen molar-refractivity contribution in [2.45, 2.75) is 44.8 Å². The fraction of sp³-hybridized carbons (Fsp3) is 0.206. The molecule has 192 valence electrons. The Labute approximate surface area is 228 Å². The Morgan fingerprint density at radius 2 is 1.16 bits per heavy atom. The molecule has 0 saturated carbocycles. The number of nitrogens with zero attached hydrogens (tertiary/aromatic N) is 2. The van der Waals surface area contributed by atoms with Gasteiger partial charge in [0.05, 0.1) is 28.5 Å². The number of benzene rings is 4. The van der Waals surface area contributed by atoms with E-state index in [0.717, 1.165) is 33.9 Å². The van der Waals surface area contributed by atoms with Gasteiger partial charge < -0.3 is 5.32 Å². The smallest absolute Gasteiger partial charge is 0.0934 e. The summed E-state index contributed by atoms with van der Waals surface area (Å²) in [5, 5.41) is 9.19. The molecule has 3 nitrogen and oxygen atoms in total. The number of rotatable bonds is 9. The van der Waals surface area contributed by atoms with Gasteiger partial charge in [-0.3, -0.25) is 0 Å². The molecule has 5 aromatic rings. The highest BCUT2D eigenvalue weighted by atomic mass is 31.1. The number of para-hydroxylation sites is 2. The van der Waals surface area contributed by atoms with Gasteiger partial charge in [0, 0.05) is 11.1 Å². The monoisotopic (exact) mass is 517 g/mol. The van der Waals surface area contributed by atoms with Crippen molar-refractivity contribution in [3.05, 3.63) is 127 Å². The number of hydrogen-bond acceptors (Lipinski definition) is 2. The maximum Gasteiger partial charge on any atom is 0.0934 e. The Balaban J connectivity index is 1.64. The van der Waals surface area contributed by atoms with Crippen molar-refractivity contribution in [3.8, 4) is 28.2 Å². The van der Waals surface area contributed by atoms with E-state index in [1.807, 2.05) is 6.07 Å². The fourth-order valence-corrected chi connectivity index (χ4v) is 8.40. The molecule has 5 rings (SSSR count). The number of hydrogen-bond donors (Lipinski definition) is 1. The van der Waals surface area contributed by atoms with Crippen LogP contribution in [0.4, 0.5) is 5.69 Å². The summed E-state index contributed by atoms with van der Waals surface area (Å²) in [5.74, 6) is 0.233. The Bertz CT molecular complexity index is 1440. The van der Waals surface area contributed by atoms with Crippen molar-refractivity contribution in [1.29, 1.82) is 0 Å². The highest BCUT2D eigenvalue weighted by molar-refractivity contribution is 7.59. The van der Waals surface area contributed by atoms with E-state index in [4.69, 9.17) is 5.10 Å². The standard InChI is InChI=1S/C34H36N3P/c1-25(2)38(26(3)4)34(29-20-12-7-13-21-29)35-30-22-14-15-23-32(30)37-33(28-18-10-6-11-19-28)24-31(36-37)27-16-8-5-9-17-27/h5-26,34-35H,1-4H3. The lowest BCUT2D eigenvalue weighted by Crippen LogP contribution is -2.19. The third kappa shape index (κ3) is 5.59. The Kier molecular flexibility index (Phi) is 8.05. The summed E-state index contributed by atoms with van der Waals surface area (Å²) in [5.41, 5.74) is 8.95. The van der Waals surface area contributed by atoms with E-state index in [0.29, 0.717) is 11.3 Å². The van der Waals surface area contributed by atoms with Crippen LogP contribution in [0.3, 0.4) is 0 Å². The molecule has 4 aromatic carbocycles. The van der Waals surface area contributed by atoms with Crippen LogP contribution >= 0.6 is 7.92 Å². The van der Waals surface area contributed by atoms with Crippen LogP contribution in [0.2, 0.25) is 0 Å². The zero-order chi connectivity index (χ0) is 26.5. The quantitative estimate of drug-likeness (QED) is 0.197. The van der Waals surface area contributed by atoms with Crippen molar-refractivity contribution >= 4 is 13.6 Å². The lowest BCUT2D eigenvalue weighted by Gasteiger charge is -2.36. The van der Waals surface area contributed by atoms with Crippen LogP contribution in [0.5, 0.6) is 0 Å². The summed E-state index contributed by atoms with van der Waals surface area (Å²) < 4.78 is 2.11. The molecule has 0 amide bonds. The molecule has 4 heteroatoms. The Morgan fingerprint density at radius 1 is 0.632 bits per heavy atom. The SMILES string of the molecule is CC(C)P(C(C)C)C(Nc1ccccc1-n1nc(-c2ccccc2)cc1-c1ccccc1)c1ccccc1. The minimum absolute atomic E-state index is 0.233. The molecule has 0 radical (unpaired) electrons. The first-order valence-corrected chi connectivity index (χ1v) is 15.0. The first-order valence-electron chi connectivity index (χ1n) is 13.4. The average Bonchev–Trinajstić information content (AvgIpc) is 3.39. The predicted octanol–water partition coefficient (Wildman–Crippen LogP) is 9.62. The van der Waals surface area contributed by atoms with Crippen molar-refractivity contribution in [1.82, 2.24) is 9.78 Å². The summed E-state index contributed by atoms with van der Waals surface area (Å²) in [7, 11) is -0.347. The first-order chi connectivity index (χ1) is 18.5. The van der Waals surface area contributed by atoms with Gasteiger partial charge in [0.25, 0.3) is 0 Å². The number of anilines is 1. The molecule has 1 aromatic heterocycles. The van der Waals surface area contributed by atoms with Gasteiger partial charge in [-0.2, -0.15) is 5.10 Å². The predicted molar refractivity (Wildman–Crippen MR) is 164 cm³/mol. The molecular formula is C34H36N3P. The highest BCUT2D eigenvalue weighted by Gasteiger charge is 2.29. The molecule has 0 bridgehead atoms. The van der Waals surface area contributed by atoms with E-state index in [9.17, 15) is 0 Å². The van der Waals surface area contributed by atoms with Crippen molar-refractivity contribution in [2.75, 3.05) is 5.32 Å². The van der Waals surface area contributed by atoms with E-state index in [2.05, 4.69) is 153 Å². The summed E-state index contributed by atoms with van der Waals surface area (Å²) in [6, 6.07) is 42.7. The van der Waals surface area contributed by atoms with E-state index < -0.39 is 0 Å². The van der Waals surface area contributed by atoms with Crippen LogP contribution < -0.4 is 5.32 Å². The lowest BCUT2D eigenvalue weighted by atomic mass is 10.1. The number of nitrogens with one attached hydrogen (secondary N) is 1. The molecular weight excluding hydrogens is 481 g/mol. The van der Waals surface area contributed by atoms with Crippen LogP contribution in [-0.2, 0) is 0 Å². The summed E-state index contributed by atoms with van der Waals surface area (Å²) in [4.78, 5) is 0. The fourth-order valence-electron chi connectivity index (χ4n) is 5.21. The largest absolute Gasteiger partial charge is 0.373 e. The summed E-state index contributed by atoms with van der Waals surface area (Å²) >= 11 is 0. The lowest BCUT2D eigenvalue weighted by molar-refractivity contribution is 0.886. The van der Waals surface area contributed by atoms with Gasteiger partial charge in [-0.15, -0.1) is 0 Å². The highest BCUT2D eigenvalue weighted by Crippen LogP contribution is 2.58. The molecule has 0 aliphatic heterocycles. The summed E-state index contributed by atoms with van der Waals surface area (Å²) in [6.07, 6.45) is 0. The third-order valence-electron chi connectivity index (χ3n) is 6.88. The molecule has 0 saturated heterocycles. The maximum absolute atomic E-state index is 5.16. The van der Waals surface area contributed by atoms with Gasteiger partial charge >= 0.3 is 0 Å². The molecule has 0 spiro atoms. The second-order valence-electron chi connectivity index (χ2n) is 10.2. The first kappa shape index (κ1) is 25.9. The van der Waals surface area contributed by atoms with Crippen LogP contribution in [0.1, 0.15) is 39.0 Å². The molecule has 1 unspecified atom stereocenters. The van der Waals surface area contributed by atoms with Gasteiger partial charge in [-0.05, 0) is 35.1 Å². The van der Waals surface area contributed by atoms with Crippen LogP contribution in [0.25, 0.3) is 28.2 Å². The molecule has 38 heavy (non-hydrogen) atoms. The van der Waals surface area contributed by atoms with Crippen LogP contribution in [0, 0.1) is 0 Å². The van der Waals surface area contributed by atoms with Gasteiger partial charge in [-0.25, -0.2) is 4.68 Å². The minimum Gasteiger partial charge on any atom is -0.373 e. The Morgan fingerprint density at radius 3 is 1.76 bits per heavy atom. The van der Waals surface area contributed by atoms with E-state index in [-0.39, 0.29) is 13.7 Å². The zero-order valence-corrected chi connectivity index (χ0v) is 23.5. The molecule has 0 aliphatic rings. The Hall–Kier alpha value is -3.68. The third-order valence-corrected chi connectivity index (χ3v) is 10.3. The molecule has 1 N–H and O–H groups in total. The van der Waals surface area contributed by atoms with E-state index >= 15 is 0 Å². The van der Waals surface area contributed by atoms with Gasteiger partial charge in [-0.1, -0.05) is 139 Å². The summed E-state index contributed by atoms with van der Waals surface area (Å²) in [6.45, 7) is 9.45. The number of aromatic nitrogens is 2. The van der Waals surface area contributed by atoms with Crippen molar-refractivity contribution in [2.24, 2.45) is 0 Å². The molecule has 1 atom stereocenters. The molecule has 1 heterocycles. The molecule has 0 aliphatic carbocycles. The maximum atomic E-state index is 5.16. The van der Waals surface area contributed by atoms with Gasteiger partial charge in [0.2, 0.25) is 0 Å². The van der Waals surface area contributed by atoms with Gasteiger partial charge in [0.15, 0.2) is 0 Å². The topological polar surface area (TPSA) is 29.9 Å². The van der Waals surface area contributed by atoms with Crippen molar-refractivity contribution < 1.29 is 0 Å². The second kappa shape index (κ2) is 11.8. The average molecular weight is 518 g/mol. The normalized spacial score (nSPS) is 12.3. The van der Waals surface area contributed by atoms with Gasteiger partial charge in [0.1, 0.15) is 0 Å². The second-order valence-corrected chi connectivity index (χ2v) is 13.6.